The standard InChI is InChI=1S/C21H20FN5O4/c1-30-20(28)13-7-14(21(29)31-2)9-16(8-13)27-19-17(23)18(25-11-26-19)24-10-12-3-5-15(22)6-4-12/h3-9,11H,10,23H2,1-2H3,(H2,24,25,26,27). The third-order valence-corrected chi connectivity index (χ3v) is 4.30. The summed E-state index contributed by atoms with van der Waals surface area (Å²) in [6.45, 7) is 0.366. The highest BCUT2D eigenvalue weighted by Gasteiger charge is 2.15. The molecule has 0 aliphatic carbocycles. The summed E-state index contributed by atoms with van der Waals surface area (Å²) in [4.78, 5) is 32.2. The van der Waals surface area contributed by atoms with Crippen LogP contribution in [0.5, 0.6) is 0 Å². The van der Waals surface area contributed by atoms with Crippen molar-refractivity contribution < 1.29 is 23.5 Å². The number of hydrogen-bond acceptors (Lipinski definition) is 9. The Morgan fingerprint density at radius 2 is 1.55 bits per heavy atom. The van der Waals surface area contributed by atoms with Crippen LogP contribution in [0.3, 0.4) is 0 Å². The van der Waals surface area contributed by atoms with Crippen molar-refractivity contribution in [3.63, 3.8) is 0 Å². The van der Waals surface area contributed by atoms with E-state index in [1.54, 1.807) is 12.1 Å². The Morgan fingerprint density at radius 3 is 2.13 bits per heavy atom. The van der Waals surface area contributed by atoms with Gasteiger partial charge in [-0.1, -0.05) is 12.1 Å². The third kappa shape index (κ3) is 5.24. The number of carbonyl (C=O) groups is 2. The number of nitrogen functional groups attached to an aromatic ring is 1. The zero-order valence-corrected chi connectivity index (χ0v) is 16.8. The van der Waals surface area contributed by atoms with E-state index in [2.05, 4.69) is 20.6 Å². The number of halogens is 1. The Kier molecular flexibility index (Phi) is 6.61. The summed E-state index contributed by atoms with van der Waals surface area (Å²) in [5, 5.41) is 6.04. The Labute approximate surface area is 177 Å². The number of nitrogens with zero attached hydrogens (tertiary/aromatic N) is 2. The topological polar surface area (TPSA) is 128 Å². The summed E-state index contributed by atoms with van der Waals surface area (Å²) >= 11 is 0. The maximum absolute atomic E-state index is 13.0. The number of esters is 2. The van der Waals surface area contributed by atoms with Crippen molar-refractivity contribution in [1.29, 1.82) is 0 Å². The monoisotopic (exact) mass is 425 g/mol. The Bertz CT molecular complexity index is 1070. The third-order valence-electron chi connectivity index (χ3n) is 4.30. The molecule has 10 heteroatoms. The first-order valence-corrected chi connectivity index (χ1v) is 9.08. The second kappa shape index (κ2) is 9.53. The maximum Gasteiger partial charge on any atom is 0.337 e. The fraction of sp³-hybridized carbons (Fsp3) is 0.143. The molecular formula is C21H20FN5O4. The van der Waals surface area contributed by atoms with Gasteiger partial charge in [-0.25, -0.2) is 23.9 Å². The first kappa shape index (κ1) is 21.5. The summed E-state index contributed by atoms with van der Waals surface area (Å²) in [6.07, 6.45) is 1.30. The van der Waals surface area contributed by atoms with Crippen molar-refractivity contribution in [2.75, 3.05) is 30.6 Å². The quantitative estimate of drug-likeness (QED) is 0.489. The van der Waals surface area contributed by atoms with Gasteiger partial charge in [0.1, 0.15) is 17.8 Å². The lowest BCUT2D eigenvalue weighted by Crippen LogP contribution is -2.10. The number of ether oxygens (including phenoxy) is 2. The van der Waals surface area contributed by atoms with E-state index < -0.39 is 11.9 Å². The molecule has 3 rings (SSSR count). The summed E-state index contributed by atoms with van der Waals surface area (Å²) in [5.74, 6) is -0.942. The largest absolute Gasteiger partial charge is 0.465 e. The normalized spacial score (nSPS) is 10.3. The molecule has 0 spiro atoms. The van der Waals surface area contributed by atoms with Crippen LogP contribution < -0.4 is 16.4 Å². The molecule has 3 aromatic rings. The van der Waals surface area contributed by atoms with Gasteiger partial charge in [-0.15, -0.1) is 0 Å². The fourth-order valence-electron chi connectivity index (χ4n) is 2.73. The molecule has 9 nitrogen and oxygen atoms in total. The van der Waals surface area contributed by atoms with Gasteiger partial charge in [0.2, 0.25) is 0 Å². The summed E-state index contributed by atoms with van der Waals surface area (Å²) in [5.41, 5.74) is 7.90. The van der Waals surface area contributed by atoms with Gasteiger partial charge < -0.3 is 25.8 Å². The highest BCUT2D eigenvalue weighted by atomic mass is 19.1. The van der Waals surface area contributed by atoms with E-state index in [4.69, 9.17) is 15.2 Å². The zero-order valence-electron chi connectivity index (χ0n) is 16.8. The van der Waals surface area contributed by atoms with Crippen LogP contribution in [0.25, 0.3) is 0 Å². The van der Waals surface area contributed by atoms with Gasteiger partial charge in [-0.2, -0.15) is 0 Å². The first-order chi connectivity index (χ1) is 14.9. The van der Waals surface area contributed by atoms with E-state index in [1.165, 1.54) is 50.9 Å². The molecule has 0 fully saturated rings. The number of rotatable bonds is 7. The fourth-order valence-corrected chi connectivity index (χ4v) is 2.73. The van der Waals surface area contributed by atoms with Crippen LogP contribution in [0.2, 0.25) is 0 Å². The molecule has 0 amide bonds. The highest BCUT2D eigenvalue weighted by Crippen LogP contribution is 2.27. The van der Waals surface area contributed by atoms with Crippen LogP contribution >= 0.6 is 0 Å². The number of carbonyl (C=O) groups excluding carboxylic acids is 2. The summed E-state index contributed by atoms with van der Waals surface area (Å²) in [7, 11) is 2.48. The van der Waals surface area contributed by atoms with Crippen molar-refractivity contribution >= 4 is 34.9 Å². The van der Waals surface area contributed by atoms with Crippen molar-refractivity contribution in [3.8, 4) is 0 Å². The Balaban J connectivity index is 1.85. The second-order valence-corrected chi connectivity index (χ2v) is 6.37. The molecule has 0 aliphatic heterocycles. The van der Waals surface area contributed by atoms with E-state index >= 15 is 0 Å². The van der Waals surface area contributed by atoms with Gasteiger partial charge in [-0.3, -0.25) is 0 Å². The minimum absolute atomic E-state index is 0.148. The van der Waals surface area contributed by atoms with Crippen molar-refractivity contribution in [2.24, 2.45) is 0 Å². The smallest absolute Gasteiger partial charge is 0.337 e. The van der Waals surface area contributed by atoms with Gasteiger partial charge in [-0.05, 0) is 35.9 Å². The lowest BCUT2D eigenvalue weighted by molar-refractivity contribution is 0.0599. The highest BCUT2D eigenvalue weighted by molar-refractivity contribution is 5.97. The Morgan fingerprint density at radius 1 is 0.968 bits per heavy atom. The predicted octanol–water partition coefficient (Wildman–Crippen LogP) is 3.13. The minimum atomic E-state index is -0.619. The predicted molar refractivity (Wildman–Crippen MR) is 113 cm³/mol. The maximum atomic E-state index is 13.0. The van der Waals surface area contributed by atoms with Gasteiger partial charge in [0.05, 0.1) is 25.3 Å². The Hall–Kier alpha value is -4.21. The lowest BCUT2D eigenvalue weighted by Gasteiger charge is -2.14. The molecule has 0 aliphatic rings. The number of nitrogens with two attached hydrogens (primary N) is 1. The molecule has 1 aromatic heterocycles. The van der Waals surface area contributed by atoms with Gasteiger partial charge >= 0.3 is 11.9 Å². The van der Waals surface area contributed by atoms with E-state index in [0.29, 0.717) is 18.1 Å². The molecule has 31 heavy (non-hydrogen) atoms. The van der Waals surface area contributed by atoms with Crippen molar-refractivity contribution in [2.45, 2.75) is 6.54 Å². The number of anilines is 4. The molecule has 2 aromatic carbocycles. The van der Waals surface area contributed by atoms with Crippen molar-refractivity contribution in [3.05, 3.63) is 71.3 Å². The molecular weight excluding hydrogens is 405 g/mol. The molecule has 160 valence electrons. The van der Waals surface area contributed by atoms with Crippen molar-refractivity contribution in [1.82, 2.24) is 9.97 Å². The lowest BCUT2D eigenvalue weighted by atomic mass is 10.1. The minimum Gasteiger partial charge on any atom is -0.465 e. The molecule has 0 unspecified atom stereocenters. The van der Waals surface area contributed by atoms with Crippen LogP contribution in [-0.2, 0) is 16.0 Å². The summed E-state index contributed by atoms with van der Waals surface area (Å²) in [6, 6.07) is 10.4. The average Bonchev–Trinajstić information content (AvgIpc) is 2.79. The first-order valence-electron chi connectivity index (χ1n) is 9.08. The molecule has 1 heterocycles. The molecule has 0 saturated heterocycles. The van der Waals surface area contributed by atoms with Gasteiger partial charge in [0.25, 0.3) is 0 Å². The van der Waals surface area contributed by atoms with Crippen LogP contribution in [0.1, 0.15) is 26.3 Å². The number of methoxy groups -OCH3 is 2. The SMILES string of the molecule is COC(=O)c1cc(Nc2ncnc(NCc3ccc(F)cc3)c2N)cc(C(=O)OC)c1. The van der Waals surface area contributed by atoms with Crippen LogP contribution in [0, 0.1) is 5.82 Å². The molecule has 0 bridgehead atoms. The van der Waals surface area contributed by atoms with Crippen LogP contribution in [0.15, 0.2) is 48.8 Å². The second-order valence-electron chi connectivity index (χ2n) is 6.37. The molecule has 0 saturated carbocycles. The average molecular weight is 425 g/mol. The van der Waals surface area contributed by atoms with Crippen LogP contribution in [-0.4, -0.2) is 36.1 Å². The molecule has 4 N–H and O–H groups in total. The van der Waals surface area contributed by atoms with Gasteiger partial charge in [0.15, 0.2) is 11.6 Å². The molecule has 0 atom stereocenters. The van der Waals surface area contributed by atoms with Gasteiger partial charge in [0, 0.05) is 12.2 Å². The number of benzene rings is 2. The van der Waals surface area contributed by atoms with Crippen LogP contribution in [0.4, 0.5) is 27.4 Å². The number of nitrogens with one attached hydrogen (secondary N) is 2. The van der Waals surface area contributed by atoms with E-state index in [0.717, 1.165) is 5.56 Å². The summed E-state index contributed by atoms with van der Waals surface area (Å²) < 4.78 is 22.5. The molecule has 0 radical (unpaired) electrons. The zero-order chi connectivity index (χ0) is 22.4. The van der Waals surface area contributed by atoms with E-state index in [1.807, 2.05) is 0 Å². The van der Waals surface area contributed by atoms with E-state index in [-0.39, 0.29) is 28.4 Å². The van der Waals surface area contributed by atoms with E-state index in [9.17, 15) is 14.0 Å². The number of aromatic nitrogens is 2. The number of hydrogen-bond donors (Lipinski definition) is 3.